The largest absolute Gasteiger partial charge is 1.00 e. The third kappa shape index (κ3) is 6.04. The van der Waals surface area contributed by atoms with Crippen molar-refractivity contribution in [2.75, 3.05) is 20.4 Å². The number of hydrogen-bond donors (Lipinski definition) is 1. The van der Waals surface area contributed by atoms with Gasteiger partial charge in [0, 0.05) is 29.6 Å². The zero-order chi connectivity index (χ0) is 31.3. The van der Waals surface area contributed by atoms with E-state index in [1.807, 2.05) is 0 Å². The van der Waals surface area contributed by atoms with E-state index in [2.05, 4.69) is 114 Å². The number of allylic oxidation sites excluding steroid dienone is 3. The van der Waals surface area contributed by atoms with Crippen LogP contribution < -0.4 is 26.8 Å². The van der Waals surface area contributed by atoms with Crippen molar-refractivity contribution < 1.29 is 36.3 Å². The van der Waals surface area contributed by atoms with Gasteiger partial charge in [-0.25, -0.2) is 0 Å². The summed E-state index contributed by atoms with van der Waals surface area (Å²) in [6.45, 7) is 13.0. The molecule has 0 amide bonds. The molecule has 46 heavy (non-hydrogen) atoms. The Bertz CT molecular complexity index is 1740. The van der Waals surface area contributed by atoms with Crippen LogP contribution in [-0.4, -0.2) is 26.6 Å². The highest BCUT2D eigenvalue weighted by Gasteiger charge is 2.40. The van der Waals surface area contributed by atoms with Gasteiger partial charge in [-0.2, -0.15) is 0 Å². The van der Waals surface area contributed by atoms with E-state index in [1.165, 1.54) is 55.1 Å². The van der Waals surface area contributed by atoms with Gasteiger partial charge in [0.1, 0.15) is 23.8 Å². The van der Waals surface area contributed by atoms with E-state index >= 15 is 0 Å². The van der Waals surface area contributed by atoms with E-state index < -0.39 is 0 Å². The van der Waals surface area contributed by atoms with Crippen LogP contribution in [0.1, 0.15) is 73.9 Å². The number of halogens is 1. The highest BCUT2D eigenvalue weighted by Crippen LogP contribution is 2.43. The van der Waals surface area contributed by atoms with E-state index in [9.17, 15) is 0 Å². The maximum atomic E-state index is 6.73. The number of nitrogens with one attached hydrogen (secondary N) is 1. The Labute approximate surface area is 279 Å². The Hall–Kier alpha value is -3.77. The number of quaternary nitrogens is 1. The summed E-state index contributed by atoms with van der Waals surface area (Å²) in [6.07, 6.45) is 8.19. The van der Waals surface area contributed by atoms with Crippen LogP contribution in [0.5, 0.6) is 11.5 Å². The van der Waals surface area contributed by atoms with Gasteiger partial charge in [-0.05, 0) is 62.9 Å². The first-order valence-electron chi connectivity index (χ1n) is 16.2. The molecule has 3 aromatic carbocycles. The predicted octanol–water partition coefficient (Wildman–Crippen LogP) is 4.19. The van der Waals surface area contributed by atoms with Gasteiger partial charge >= 0.3 is 0 Å². The maximum absolute atomic E-state index is 6.73. The van der Waals surface area contributed by atoms with Gasteiger partial charge in [0.05, 0.1) is 20.3 Å². The van der Waals surface area contributed by atoms with Crippen molar-refractivity contribution in [3.05, 3.63) is 135 Å². The fraction of sp³-hybridized carbons (Fsp3) is 0.350. The summed E-state index contributed by atoms with van der Waals surface area (Å²) in [4.78, 5) is 1.35. The molecule has 1 aliphatic carbocycles. The summed E-state index contributed by atoms with van der Waals surface area (Å²) in [5.74, 6) is 3.02. The fourth-order valence-electron chi connectivity index (χ4n) is 6.92. The molecule has 0 saturated carbocycles. The van der Waals surface area contributed by atoms with Crippen LogP contribution in [0.25, 0.3) is 5.70 Å². The molecule has 0 spiro atoms. The first-order valence-corrected chi connectivity index (χ1v) is 16.2. The van der Waals surface area contributed by atoms with Gasteiger partial charge in [0.25, 0.3) is 0 Å². The summed E-state index contributed by atoms with van der Waals surface area (Å²) >= 11 is 0. The van der Waals surface area contributed by atoms with Crippen LogP contribution in [0.3, 0.4) is 0 Å². The van der Waals surface area contributed by atoms with Crippen molar-refractivity contribution in [2.45, 2.75) is 71.5 Å². The molecule has 3 aliphatic heterocycles. The van der Waals surface area contributed by atoms with Crippen molar-refractivity contribution in [3.8, 4) is 11.5 Å². The Morgan fingerprint density at radius 1 is 0.913 bits per heavy atom. The number of benzene rings is 3. The Balaban J connectivity index is 0.00000372. The monoisotopic (exact) mass is 637 g/mol. The molecule has 0 bridgehead atoms. The van der Waals surface area contributed by atoms with Crippen LogP contribution in [0.2, 0.25) is 0 Å². The second-order valence-corrected chi connectivity index (χ2v) is 13.9. The number of methoxy groups -OCH3 is 1. The van der Waals surface area contributed by atoms with Crippen molar-refractivity contribution in [2.24, 2.45) is 0 Å². The summed E-state index contributed by atoms with van der Waals surface area (Å²) in [7, 11) is 1.74. The average Bonchev–Trinajstić information content (AvgIpc) is 3.49. The van der Waals surface area contributed by atoms with Crippen LogP contribution in [0, 0.1) is 0 Å². The van der Waals surface area contributed by atoms with Gasteiger partial charge in [-0.1, -0.05) is 89.2 Å². The molecule has 2 atom stereocenters. The summed E-state index contributed by atoms with van der Waals surface area (Å²) in [6, 6.07) is 22.3. The van der Waals surface area contributed by atoms with E-state index in [1.54, 1.807) is 7.11 Å². The highest BCUT2D eigenvalue weighted by atomic mass is 35.5. The lowest BCUT2D eigenvalue weighted by atomic mass is 9.79. The first kappa shape index (κ1) is 32.2. The predicted molar refractivity (Wildman–Crippen MR) is 178 cm³/mol. The van der Waals surface area contributed by atoms with Gasteiger partial charge in [0.2, 0.25) is 6.79 Å². The number of hydrogen-bond acceptors (Lipinski definition) is 4. The lowest BCUT2D eigenvalue weighted by molar-refractivity contribution is -0.771. The molecule has 2 unspecified atom stereocenters. The molecule has 7 rings (SSSR count). The van der Waals surface area contributed by atoms with Gasteiger partial charge < -0.3 is 31.4 Å². The molecular formula is C40H44ClNO4. The topological polar surface area (TPSA) is 41.4 Å². The van der Waals surface area contributed by atoms with Crippen molar-refractivity contribution in [1.29, 1.82) is 0 Å². The standard InChI is InChI=1S/C40H43NO4.ClH/c1-25(2)28-11-7-27(8-12-28)23-43-39-34-22-41-18-17-29-20-36-37(45-24-44-36)21-32(29)38(41)33(31(34)15-16-35(39)42-6)19-26-9-13-30(14-10-26)40(3,4)5;/h7-16,20-22,25,39H,17-19,23-24H2,1-6H3;1H. The third-order valence-corrected chi connectivity index (χ3v) is 9.57. The molecular weight excluding hydrogens is 594 g/mol. The second-order valence-electron chi connectivity index (χ2n) is 13.9. The van der Waals surface area contributed by atoms with E-state index in [0.717, 1.165) is 42.2 Å². The minimum Gasteiger partial charge on any atom is -1.00 e. The molecule has 1 N–H and O–H groups in total. The van der Waals surface area contributed by atoms with Crippen molar-refractivity contribution in [3.63, 3.8) is 0 Å². The van der Waals surface area contributed by atoms with Crippen molar-refractivity contribution in [1.82, 2.24) is 0 Å². The van der Waals surface area contributed by atoms with Gasteiger partial charge in [0.15, 0.2) is 11.5 Å². The lowest BCUT2D eigenvalue weighted by Crippen LogP contribution is -3.06. The Morgan fingerprint density at radius 2 is 1.61 bits per heavy atom. The normalized spacial score (nSPS) is 19.8. The molecule has 0 saturated heterocycles. The van der Waals surface area contributed by atoms with E-state index in [4.69, 9.17) is 18.9 Å². The lowest BCUT2D eigenvalue weighted by Gasteiger charge is -2.36. The molecule has 0 fully saturated rings. The Kier molecular flexibility index (Phi) is 8.95. The number of ether oxygens (including phenoxy) is 4. The maximum Gasteiger partial charge on any atom is 0.231 e. The van der Waals surface area contributed by atoms with E-state index in [-0.39, 0.29) is 30.7 Å². The van der Waals surface area contributed by atoms with Gasteiger partial charge in [-0.3, -0.25) is 4.90 Å². The summed E-state index contributed by atoms with van der Waals surface area (Å²) in [5, 5.41) is 0. The number of rotatable bonds is 7. The van der Waals surface area contributed by atoms with Gasteiger partial charge in [-0.15, -0.1) is 0 Å². The molecule has 5 nitrogen and oxygen atoms in total. The molecule has 3 heterocycles. The van der Waals surface area contributed by atoms with Crippen LogP contribution in [0.15, 0.2) is 101 Å². The zero-order valence-corrected chi connectivity index (χ0v) is 28.5. The second kappa shape index (κ2) is 12.8. The minimum absolute atomic E-state index is 0. The van der Waals surface area contributed by atoms with Crippen LogP contribution >= 0.6 is 0 Å². The fourth-order valence-corrected chi connectivity index (χ4v) is 6.92. The summed E-state index contributed by atoms with van der Waals surface area (Å²) < 4.78 is 24.3. The average molecular weight is 638 g/mol. The molecule has 3 aromatic rings. The highest BCUT2D eigenvalue weighted by molar-refractivity contribution is 5.77. The number of fused-ring (bicyclic) bond motifs is 5. The first-order chi connectivity index (χ1) is 21.7. The van der Waals surface area contributed by atoms with Crippen molar-refractivity contribution >= 4 is 5.70 Å². The third-order valence-electron chi connectivity index (χ3n) is 9.57. The smallest absolute Gasteiger partial charge is 0.231 e. The quantitative estimate of drug-likeness (QED) is 0.422. The van der Waals surface area contributed by atoms with Crippen LogP contribution in [0.4, 0.5) is 0 Å². The minimum atomic E-state index is -0.287. The molecule has 240 valence electrons. The SMILES string of the molecule is COC1=CC=C2C(=C[NH+]3CCc4cc5c(cc4C3=C2Cc2ccc(C(C)(C)C)cc2)OCO5)C1OCc1ccc(C(C)C)cc1.[Cl-]. The molecule has 0 aromatic heterocycles. The molecule has 4 aliphatic rings. The molecule has 0 radical (unpaired) electrons. The summed E-state index contributed by atoms with van der Waals surface area (Å²) in [5.41, 5.74) is 12.9. The van der Waals surface area contributed by atoms with Crippen LogP contribution in [-0.2, 0) is 34.3 Å². The Morgan fingerprint density at radius 3 is 2.28 bits per heavy atom. The van der Waals surface area contributed by atoms with E-state index in [0.29, 0.717) is 12.5 Å². The molecule has 6 heteroatoms. The zero-order valence-electron chi connectivity index (χ0n) is 27.7.